The van der Waals surface area contributed by atoms with Gasteiger partial charge in [0.1, 0.15) is 5.75 Å². The first-order valence-electron chi connectivity index (χ1n) is 9.28. The normalized spacial score (nSPS) is 11.1. The zero-order valence-corrected chi connectivity index (χ0v) is 19.6. The Morgan fingerprint density at radius 3 is 2.62 bits per heavy atom. The Kier molecular flexibility index (Phi) is 6.42. The number of ether oxygens (including phenoxy) is 1. The molecule has 160 valence electrons. The molecule has 0 N–H and O–H groups in total. The lowest BCUT2D eigenvalue weighted by Gasteiger charge is -2.14. The molecule has 0 unspecified atom stereocenters. The first kappa shape index (κ1) is 21.8. The van der Waals surface area contributed by atoms with Gasteiger partial charge in [0.25, 0.3) is 11.6 Å². The van der Waals surface area contributed by atoms with Gasteiger partial charge in [-0.15, -0.1) is 0 Å². The fraction of sp³-hybridized carbons (Fsp3) is 0.0455. The number of methoxy groups -OCH3 is 1. The second-order valence-electron chi connectivity index (χ2n) is 6.52. The fourth-order valence-electron chi connectivity index (χ4n) is 2.85. The van der Waals surface area contributed by atoms with Crippen LogP contribution in [0.15, 0.2) is 71.8 Å². The van der Waals surface area contributed by atoms with Crippen LogP contribution in [-0.4, -0.2) is 29.1 Å². The second-order valence-corrected chi connectivity index (χ2v) is 8.69. The van der Waals surface area contributed by atoms with Crippen molar-refractivity contribution in [2.75, 3.05) is 12.1 Å². The van der Waals surface area contributed by atoms with E-state index in [0.717, 1.165) is 13.8 Å². The fourth-order valence-corrected chi connectivity index (χ4v) is 4.42. The SMILES string of the molecule is COc1ccc2nc(N(/N=C/c3ccc([N+](=O)[O-])cc3)C(=O)c3ccccc3I)sc2c1. The van der Waals surface area contributed by atoms with E-state index in [2.05, 4.69) is 32.7 Å². The van der Waals surface area contributed by atoms with E-state index in [4.69, 9.17) is 4.74 Å². The molecule has 1 amide bonds. The molecule has 8 nitrogen and oxygen atoms in total. The van der Waals surface area contributed by atoms with Crippen molar-refractivity contribution in [1.82, 2.24) is 4.98 Å². The third kappa shape index (κ3) is 4.60. The number of hydrazone groups is 1. The maximum atomic E-state index is 13.4. The molecule has 0 aliphatic rings. The summed E-state index contributed by atoms with van der Waals surface area (Å²) >= 11 is 3.42. The van der Waals surface area contributed by atoms with Crippen LogP contribution in [0.3, 0.4) is 0 Å². The molecule has 0 bridgehead atoms. The minimum atomic E-state index is -0.469. The maximum absolute atomic E-state index is 13.4. The van der Waals surface area contributed by atoms with Crippen LogP contribution < -0.4 is 9.75 Å². The van der Waals surface area contributed by atoms with E-state index in [-0.39, 0.29) is 11.6 Å². The van der Waals surface area contributed by atoms with Gasteiger partial charge in [-0.1, -0.05) is 23.5 Å². The molecule has 0 saturated heterocycles. The number of thiazole rings is 1. The number of nitro benzene ring substituents is 1. The zero-order chi connectivity index (χ0) is 22.7. The predicted octanol–water partition coefficient (Wildman–Crippen LogP) is 5.50. The molecule has 4 rings (SSSR count). The number of hydrogen-bond donors (Lipinski definition) is 0. The lowest BCUT2D eigenvalue weighted by Crippen LogP contribution is -2.26. The number of nitro groups is 1. The zero-order valence-electron chi connectivity index (χ0n) is 16.6. The van der Waals surface area contributed by atoms with Gasteiger partial charge in [-0.25, -0.2) is 4.98 Å². The molecule has 0 aliphatic heterocycles. The highest BCUT2D eigenvalue weighted by Crippen LogP contribution is 2.32. The molecule has 0 spiro atoms. The Morgan fingerprint density at radius 1 is 1.19 bits per heavy atom. The highest BCUT2D eigenvalue weighted by molar-refractivity contribution is 14.1. The number of halogens is 1. The maximum Gasteiger partial charge on any atom is 0.281 e. The Balaban J connectivity index is 1.75. The Hall–Kier alpha value is -3.38. The van der Waals surface area contributed by atoms with Gasteiger partial charge in [-0.05, 0) is 70.6 Å². The third-order valence-electron chi connectivity index (χ3n) is 4.49. The third-order valence-corrected chi connectivity index (χ3v) is 6.42. The van der Waals surface area contributed by atoms with Crippen molar-refractivity contribution in [3.8, 4) is 5.75 Å². The summed E-state index contributed by atoms with van der Waals surface area (Å²) in [5.74, 6) is 0.358. The van der Waals surface area contributed by atoms with Crippen LogP contribution in [0.1, 0.15) is 15.9 Å². The average Bonchev–Trinajstić information content (AvgIpc) is 3.22. The molecule has 0 fully saturated rings. The van der Waals surface area contributed by atoms with E-state index in [1.165, 1.54) is 34.7 Å². The summed E-state index contributed by atoms with van der Waals surface area (Å²) in [5.41, 5.74) is 1.80. The Bertz CT molecular complexity index is 1340. The molecule has 0 radical (unpaired) electrons. The molecular weight excluding hydrogens is 543 g/mol. The van der Waals surface area contributed by atoms with Crippen LogP contribution in [0.2, 0.25) is 0 Å². The number of rotatable bonds is 6. The Morgan fingerprint density at radius 2 is 1.94 bits per heavy atom. The van der Waals surface area contributed by atoms with Crippen molar-refractivity contribution in [1.29, 1.82) is 0 Å². The average molecular weight is 558 g/mol. The van der Waals surface area contributed by atoms with Crippen molar-refractivity contribution in [2.45, 2.75) is 0 Å². The number of aromatic nitrogens is 1. The van der Waals surface area contributed by atoms with E-state index in [1.54, 1.807) is 37.4 Å². The summed E-state index contributed by atoms with van der Waals surface area (Å²) in [4.78, 5) is 28.4. The van der Waals surface area contributed by atoms with Crippen LogP contribution in [0.25, 0.3) is 10.2 Å². The smallest absolute Gasteiger partial charge is 0.281 e. The van der Waals surface area contributed by atoms with Crippen LogP contribution in [0.5, 0.6) is 5.75 Å². The van der Waals surface area contributed by atoms with E-state index >= 15 is 0 Å². The van der Waals surface area contributed by atoms with Crippen LogP contribution >= 0.6 is 33.9 Å². The molecule has 0 saturated carbocycles. The Labute approximate surface area is 200 Å². The summed E-state index contributed by atoms with van der Waals surface area (Å²) < 4.78 is 6.91. The number of hydrogen-bond acceptors (Lipinski definition) is 7. The molecule has 10 heteroatoms. The molecule has 0 atom stereocenters. The minimum Gasteiger partial charge on any atom is -0.497 e. The number of fused-ring (bicyclic) bond motifs is 1. The molecular formula is C22H15IN4O4S. The molecule has 0 aliphatic carbocycles. The molecule has 4 aromatic rings. The summed E-state index contributed by atoms with van der Waals surface area (Å²) in [5, 5.41) is 16.9. The topological polar surface area (TPSA) is 97.9 Å². The highest BCUT2D eigenvalue weighted by atomic mass is 127. The largest absolute Gasteiger partial charge is 0.497 e. The van der Waals surface area contributed by atoms with E-state index in [1.807, 2.05) is 24.3 Å². The second kappa shape index (κ2) is 9.40. The first-order valence-corrected chi connectivity index (χ1v) is 11.2. The number of nitrogens with zero attached hydrogens (tertiary/aromatic N) is 4. The number of amides is 1. The highest BCUT2D eigenvalue weighted by Gasteiger charge is 2.23. The van der Waals surface area contributed by atoms with Gasteiger partial charge in [0.15, 0.2) is 0 Å². The number of anilines is 1. The molecule has 1 aromatic heterocycles. The summed E-state index contributed by atoms with van der Waals surface area (Å²) in [6, 6.07) is 18.6. The van der Waals surface area contributed by atoms with Crippen molar-refractivity contribution < 1.29 is 14.5 Å². The summed E-state index contributed by atoms with van der Waals surface area (Å²) in [6.45, 7) is 0. The van der Waals surface area contributed by atoms with Gasteiger partial charge in [0.05, 0.1) is 34.0 Å². The summed E-state index contributed by atoms with van der Waals surface area (Å²) in [7, 11) is 1.59. The van der Waals surface area contributed by atoms with E-state index in [9.17, 15) is 14.9 Å². The van der Waals surface area contributed by atoms with Gasteiger partial charge >= 0.3 is 0 Å². The lowest BCUT2D eigenvalue weighted by atomic mass is 10.2. The lowest BCUT2D eigenvalue weighted by molar-refractivity contribution is -0.384. The first-order chi connectivity index (χ1) is 15.5. The van der Waals surface area contributed by atoms with Crippen LogP contribution in [-0.2, 0) is 0 Å². The van der Waals surface area contributed by atoms with Crippen molar-refractivity contribution >= 4 is 67.1 Å². The van der Waals surface area contributed by atoms with Gasteiger partial charge in [-0.3, -0.25) is 14.9 Å². The van der Waals surface area contributed by atoms with Crippen molar-refractivity contribution in [3.63, 3.8) is 0 Å². The van der Waals surface area contributed by atoms with E-state index in [0.29, 0.717) is 22.0 Å². The number of carbonyl (C=O) groups excluding carboxylic acids is 1. The number of non-ortho nitro benzene ring substituents is 1. The van der Waals surface area contributed by atoms with Crippen LogP contribution in [0, 0.1) is 13.7 Å². The van der Waals surface area contributed by atoms with Gasteiger partial charge < -0.3 is 4.74 Å². The quantitative estimate of drug-likeness (QED) is 0.135. The van der Waals surface area contributed by atoms with E-state index < -0.39 is 4.92 Å². The van der Waals surface area contributed by atoms with Crippen LogP contribution in [0.4, 0.5) is 10.8 Å². The summed E-state index contributed by atoms with van der Waals surface area (Å²) in [6.07, 6.45) is 1.48. The number of carbonyl (C=O) groups is 1. The number of benzene rings is 3. The standard InChI is InChI=1S/C22H15IN4O4S/c1-31-16-10-11-19-20(12-16)32-22(25-19)26(21(28)17-4-2-3-5-18(17)23)24-13-14-6-8-15(9-7-14)27(29)30/h2-13H,1H3/b24-13+. The van der Waals surface area contributed by atoms with Crippen molar-refractivity contribution in [3.05, 3.63) is 91.5 Å². The predicted molar refractivity (Wildman–Crippen MR) is 133 cm³/mol. The van der Waals surface area contributed by atoms with Gasteiger partial charge in [0.2, 0.25) is 5.13 Å². The minimum absolute atomic E-state index is 0.0194. The van der Waals surface area contributed by atoms with Gasteiger partial charge in [-0.2, -0.15) is 10.1 Å². The molecule has 1 heterocycles. The molecule has 3 aromatic carbocycles. The monoisotopic (exact) mass is 558 g/mol. The van der Waals surface area contributed by atoms with Crippen molar-refractivity contribution in [2.24, 2.45) is 5.10 Å². The molecule has 32 heavy (non-hydrogen) atoms. The van der Waals surface area contributed by atoms with Gasteiger partial charge in [0, 0.05) is 15.7 Å².